The highest BCUT2D eigenvalue weighted by Crippen LogP contribution is 2.26. The molecule has 6 heteroatoms. The number of ether oxygens (including phenoxy) is 1. The van der Waals surface area contributed by atoms with Gasteiger partial charge >= 0.3 is 6.09 Å². The maximum atomic E-state index is 11.8. The van der Waals surface area contributed by atoms with E-state index in [0.717, 1.165) is 4.90 Å². The van der Waals surface area contributed by atoms with E-state index < -0.39 is 17.2 Å². The molecule has 0 bridgehead atoms. The third-order valence-electron chi connectivity index (χ3n) is 1.68. The molecule has 0 saturated heterocycles. The summed E-state index contributed by atoms with van der Waals surface area (Å²) in [7, 11) is 0. The van der Waals surface area contributed by atoms with E-state index in [4.69, 9.17) is 33.7 Å². The molecule has 0 saturated carbocycles. The van der Waals surface area contributed by atoms with E-state index >= 15 is 0 Å². The Kier molecular flexibility index (Phi) is 3.76. The number of carbonyl (C=O) groups excluding carboxylic acids is 1. The average Bonchev–Trinajstić information content (AvgIpc) is 1.96. The smallest absolute Gasteiger partial charge is 0.417 e. The van der Waals surface area contributed by atoms with Gasteiger partial charge in [-0.3, -0.25) is 0 Å². The van der Waals surface area contributed by atoms with Gasteiger partial charge in [-0.25, -0.2) is 9.69 Å². The molecule has 90 valence electrons. The number of allylic oxidation sites excluding steroid dienone is 1. The van der Waals surface area contributed by atoms with Crippen LogP contribution in [0.25, 0.3) is 0 Å². The molecule has 0 aromatic rings. The molecule has 16 heavy (non-hydrogen) atoms. The lowest BCUT2D eigenvalue weighted by Crippen LogP contribution is -2.40. The maximum Gasteiger partial charge on any atom is 0.417 e. The molecule has 0 aromatic heterocycles. The van der Waals surface area contributed by atoms with Crippen molar-refractivity contribution in [2.45, 2.75) is 31.9 Å². The Hall–Kier alpha value is -0.870. The van der Waals surface area contributed by atoms with Gasteiger partial charge in [0.2, 0.25) is 0 Å². The summed E-state index contributed by atoms with van der Waals surface area (Å²) in [5.74, 6) is 0. The number of halogens is 2. The van der Waals surface area contributed by atoms with Crippen molar-refractivity contribution in [1.82, 2.24) is 4.90 Å². The molecule has 1 amide bonds. The van der Waals surface area contributed by atoms with Crippen LogP contribution in [0.5, 0.6) is 0 Å². The Balaban J connectivity index is 2.82. The number of hydrogen-bond acceptors (Lipinski definition) is 3. The Morgan fingerprint density at radius 1 is 1.56 bits per heavy atom. The van der Waals surface area contributed by atoms with Gasteiger partial charge in [-0.1, -0.05) is 23.2 Å². The quantitative estimate of drug-likeness (QED) is 0.541. The van der Waals surface area contributed by atoms with Crippen molar-refractivity contribution in [3.05, 3.63) is 23.0 Å². The van der Waals surface area contributed by atoms with Gasteiger partial charge in [-0.2, -0.15) is 0 Å². The number of nitrogens with zero attached hydrogens (tertiary/aromatic N) is 1. The SMILES string of the molecule is CC(C)(C)OC(=O)N1C(Cl)=CC(N)=C[C@@H]1Cl. The van der Waals surface area contributed by atoms with Gasteiger partial charge in [-0.15, -0.1) is 0 Å². The molecular formula is C10H14Cl2N2O2. The summed E-state index contributed by atoms with van der Waals surface area (Å²) < 4.78 is 5.16. The molecule has 1 heterocycles. The predicted octanol–water partition coefficient (Wildman–Crippen LogP) is 2.72. The minimum atomic E-state index is -0.729. The van der Waals surface area contributed by atoms with Crippen LogP contribution in [0.1, 0.15) is 20.8 Å². The average molecular weight is 265 g/mol. The van der Waals surface area contributed by atoms with Crippen molar-refractivity contribution in [2.75, 3.05) is 0 Å². The van der Waals surface area contributed by atoms with Crippen molar-refractivity contribution < 1.29 is 9.53 Å². The van der Waals surface area contributed by atoms with Crippen LogP contribution in [0.2, 0.25) is 0 Å². The molecule has 4 nitrogen and oxygen atoms in total. The van der Waals surface area contributed by atoms with Crippen molar-refractivity contribution >= 4 is 29.3 Å². The molecule has 0 spiro atoms. The fourth-order valence-electron chi connectivity index (χ4n) is 1.11. The summed E-state index contributed by atoms with van der Waals surface area (Å²) in [6.45, 7) is 5.29. The summed E-state index contributed by atoms with van der Waals surface area (Å²) in [6, 6.07) is 0. The van der Waals surface area contributed by atoms with Crippen molar-refractivity contribution in [1.29, 1.82) is 0 Å². The molecule has 0 radical (unpaired) electrons. The number of carbonyl (C=O) groups is 1. The second-order valence-corrected chi connectivity index (χ2v) is 5.19. The molecule has 0 aromatic carbocycles. The van der Waals surface area contributed by atoms with Gasteiger partial charge < -0.3 is 10.5 Å². The summed E-state index contributed by atoms with van der Waals surface area (Å²) in [4.78, 5) is 12.9. The highest BCUT2D eigenvalue weighted by atomic mass is 35.5. The van der Waals surface area contributed by atoms with Gasteiger partial charge in [0.1, 0.15) is 16.3 Å². The van der Waals surface area contributed by atoms with Crippen LogP contribution in [0.3, 0.4) is 0 Å². The zero-order valence-electron chi connectivity index (χ0n) is 9.33. The third-order valence-corrected chi connectivity index (χ3v) is 2.30. The number of alkyl halides is 1. The van der Waals surface area contributed by atoms with E-state index in [-0.39, 0.29) is 5.16 Å². The molecule has 2 N–H and O–H groups in total. The van der Waals surface area contributed by atoms with Gasteiger partial charge in [0.25, 0.3) is 0 Å². The summed E-state index contributed by atoms with van der Waals surface area (Å²) in [6.07, 6.45) is 2.36. The van der Waals surface area contributed by atoms with E-state index in [1.807, 2.05) is 0 Å². The highest BCUT2D eigenvalue weighted by molar-refractivity contribution is 6.32. The van der Waals surface area contributed by atoms with Gasteiger partial charge in [0, 0.05) is 5.70 Å². The molecule has 0 unspecified atom stereocenters. The number of nitrogens with two attached hydrogens (primary N) is 1. The molecular weight excluding hydrogens is 251 g/mol. The van der Waals surface area contributed by atoms with Crippen molar-refractivity contribution in [3.63, 3.8) is 0 Å². The largest absolute Gasteiger partial charge is 0.443 e. The van der Waals surface area contributed by atoms with Crippen LogP contribution >= 0.6 is 23.2 Å². The lowest BCUT2D eigenvalue weighted by Gasteiger charge is -2.30. The van der Waals surface area contributed by atoms with Gasteiger partial charge in [-0.05, 0) is 32.9 Å². The minimum Gasteiger partial charge on any atom is -0.443 e. The van der Waals surface area contributed by atoms with Crippen molar-refractivity contribution in [2.24, 2.45) is 5.73 Å². The van der Waals surface area contributed by atoms with Crippen LogP contribution in [0.15, 0.2) is 23.0 Å². The van der Waals surface area contributed by atoms with E-state index in [2.05, 4.69) is 0 Å². The first-order valence-electron chi connectivity index (χ1n) is 4.71. The number of rotatable bonds is 0. The lowest BCUT2D eigenvalue weighted by molar-refractivity contribution is 0.0324. The molecule has 1 aliphatic rings. The fourth-order valence-corrected chi connectivity index (χ4v) is 1.79. The van der Waals surface area contributed by atoms with Crippen molar-refractivity contribution in [3.8, 4) is 0 Å². The normalized spacial score (nSPS) is 21.3. The summed E-state index contributed by atoms with van der Waals surface area (Å²) in [5, 5.41) is 0.147. The first-order valence-corrected chi connectivity index (χ1v) is 5.53. The zero-order chi connectivity index (χ0) is 12.5. The molecule has 1 aliphatic heterocycles. The van der Waals surface area contributed by atoms with Gasteiger partial charge in [0.15, 0.2) is 0 Å². The molecule has 0 fully saturated rings. The molecule has 1 rings (SSSR count). The van der Waals surface area contributed by atoms with E-state index in [1.54, 1.807) is 20.8 Å². The maximum absolute atomic E-state index is 11.8. The third kappa shape index (κ3) is 3.32. The number of amides is 1. The Morgan fingerprint density at radius 2 is 2.12 bits per heavy atom. The number of hydrogen-bond donors (Lipinski definition) is 1. The zero-order valence-corrected chi connectivity index (χ0v) is 10.8. The topological polar surface area (TPSA) is 55.6 Å². The highest BCUT2D eigenvalue weighted by Gasteiger charge is 2.30. The van der Waals surface area contributed by atoms with E-state index in [9.17, 15) is 4.79 Å². The van der Waals surface area contributed by atoms with Crippen LogP contribution in [-0.2, 0) is 4.74 Å². The molecule has 1 atom stereocenters. The van der Waals surface area contributed by atoms with E-state index in [1.165, 1.54) is 12.2 Å². The lowest BCUT2D eigenvalue weighted by atomic mass is 10.2. The van der Waals surface area contributed by atoms with E-state index in [0.29, 0.717) is 5.70 Å². The Morgan fingerprint density at radius 3 is 2.56 bits per heavy atom. The summed E-state index contributed by atoms with van der Waals surface area (Å²) in [5.41, 5.74) is 4.63. The second kappa shape index (κ2) is 4.55. The van der Waals surface area contributed by atoms with Crippen LogP contribution in [0, 0.1) is 0 Å². The summed E-state index contributed by atoms with van der Waals surface area (Å²) >= 11 is 11.8. The first kappa shape index (κ1) is 13.2. The van der Waals surface area contributed by atoms with Crippen LogP contribution < -0.4 is 5.73 Å². The molecule has 0 aliphatic carbocycles. The monoisotopic (exact) mass is 264 g/mol. The first-order chi connectivity index (χ1) is 7.20. The Labute approximate surface area is 105 Å². The second-order valence-electron chi connectivity index (χ2n) is 4.36. The predicted molar refractivity (Wildman–Crippen MR) is 63.9 cm³/mol. The van der Waals surface area contributed by atoms with Gasteiger partial charge in [0.05, 0.1) is 0 Å². The standard InChI is InChI=1S/C10H14Cl2N2O2/c1-10(2,3)16-9(15)14-7(11)4-6(13)5-8(14)12/h4-5,7H,13H2,1-3H3/t7-/m1/s1. The minimum absolute atomic E-state index is 0.147. The Bertz CT molecular complexity index is 358. The van der Waals surface area contributed by atoms with Crippen LogP contribution in [-0.4, -0.2) is 22.1 Å². The van der Waals surface area contributed by atoms with Crippen LogP contribution in [0.4, 0.5) is 4.79 Å². The fraction of sp³-hybridized carbons (Fsp3) is 0.500.